The van der Waals surface area contributed by atoms with Crippen LogP contribution in [0.1, 0.15) is 48.3 Å². The molecule has 0 spiro atoms. The van der Waals surface area contributed by atoms with Crippen molar-refractivity contribution in [2.45, 2.75) is 38.5 Å². The predicted octanol–water partition coefficient (Wildman–Crippen LogP) is 4.72. The number of hydrogen-bond donors (Lipinski definition) is 2. The molecule has 0 saturated heterocycles. The van der Waals surface area contributed by atoms with E-state index in [1.165, 1.54) is 6.42 Å². The van der Waals surface area contributed by atoms with Crippen molar-refractivity contribution in [1.29, 1.82) is 0 Å². The zero-order chi connectivity index (χ0) is 21.8. The van der Waals surface area contributed by atoms with Gasteiger partial charge in [0.15, 0.2) is 0 Å². The monoisotopic (exact) mass is 438 g/mol. The minimum absolute atomic E-state index is 0.168. The highest BCUT2D eigenvalue weighted by molar-refractivity contribution is 6.30. The molecule has 0 unspecified atom stereocenters. The SMILES string of the molecule is Cn1c(CCNC(=O)C2CCCCC2)nc2cc(NC(=O)c3ccc(Cl)cc3)ccc21. The molecule has 3 aromatic rings. The maximum atomic E-state index is 12.4. The van der Waals surface area contributed by atoms with E-state index in [2.05, 4.69) is 10.6 Å². The number of aryl methyl sites for hydroxylation is 1. The van der Waals surface area contributed by atoms with Gasteiger partial charge in [0.2, 0.25) is 5.91 Å². The number of amides is 2. The Bertz CT molecular complexity index is 1080. The van der Waals surface area contributed by atoms with E-state index in [1.807, 2.05) is 29.8 Å². The highest BCUT2D eigenvalue weighted by Crippen LogP contribution is 2.24. The van der Waals surface area contributed by atoms with Gasteiger partial charge in [-0.25, -0.2) is 4.98 Å². The first kappa shape index (κ1) is 21.4. The van der Waals surface area contributed by atoms with E-state index in [0.29, 0.717) is 29.2 Å². The Balaban J connectivity index is 1.39. The lowest BCUT2D eigenvalue weighted by atomic mass is 9.89. The first-order valence-corrected chi connectivity index (χ1v) is 11.2. The zero-order valence-electron chi connectivity index (χ0n) is 17.7. The van der Waals surface area contributed by atoms with Crippen molar-refractivity contribution < 1.29 is 9.59 Å². The van der Waals surface area contributed by atoms with Gasteiger partial charge in [-0.2, -0.15) is 0 Å². The van der Waals surface area contributed by atoms with Gasteiger partial charge in [-0.1, -0.05) is 30.9 Å². The molecule has 1 aromatic heterocycles. The Morgan fingerprint density at radius 1 is 1.10 bits per heavy atom. The minimum atomic E-state index is -0.197. The Kier molecular flexibility index (Phi) is 6.56. The maximum absolute atomic E-state index is 12.4. The van der Waals surface area contributed by atoms with Crippen LogP contribution in [0.3, 0.4) is 0 Å². The molecule has 1 saturated carbocycles. The summed E-state index contributed by atoms with van der Waals surface area (Å²) < 4.78 is 2.03. The summed E-state index contributed by atoms with van der Waals surface area (Å²) in [6.45, 7) is 0.576. The standard InChI is InChI=1S/C24H27ClN4O2/c1-29-21-12-11-19(27-24(31)17-7-9-18(25)10-8-17)15-20(21)28-22(29)13-14-26-23(30)16-5-3-2-4-6-16/h7-12,15-16H,2-6,13-14H2,1H3,(H,26,30)(H,27,31). The van der Waals surface area contributed by atoms with Crippen molar-refractivity contribution in [1.82, 2.24) is 14.9 Å². The normalized spacial score (nSPS) is 14.5. The number of rotatable bonds is 6. The van der Waals surface area contributed by atoms with E-state index < -0.39 is 0 Å². The van der Waals surface area contributed by atoms with Crippen LogP contribution in [0, 0.1) is 5.92 Å². The van der Waals surface area contributed by atoms with Gasteiger partial charge in [-0.05, 0) is 55.3 Å². The van der Waals surface area contributed by atoms with Gasteiger partial charge in [0.25, 0.3) is 5.91 Å². The van der Waals surface area contributed by atoms with E-state index in [-0.39, 0.29) is 17.7 Å². The van der Waals surface area contributed by atoms with Gasteiger partial charge in [0.1, 0.15) is 5.82 Å². The fourth-order valence-electron chi connectivity index (χ4n) is 4.16. The summed E-state index contributed by atoms with van der Waals surface area (Å²) in [7, 11) is 1.97. The molecule has 31 heavy (non-hydrogen) atoms. The summed E-state index contributed by atoms with van der Waals surface area (Å²) in [5.74, 6) is 1.05. The third kappa shape index (κ3) is 5.07. The lowest BCUT2D eigenvalue weighted by molar-refractivity contribution is -0.125. The molecule has 0 aliphatic heterocycles. The molecule has 2 aromatic carbocycles. The van der Waals surface area contributed by atoms with Crippen molar-refractivity contribution in [3.8, 4) is 0 Å². The van der Waals surface area contributed by atoms with Crippen LogP contribution in [0.4, 0.5) is 5.69 Å². The molecule has 1 heterocycles. The van der Waals surface area contributed by atoms with Crippen LogP contribution in [0.15, 0.2) is 42.5 Å². The van der Waals surface area contributed by atoms with E-state index in [1.54, 1.807) is 24.3 Å². The molecule has 6 nitrogen and oxygen atoms in total. The molecule has 0 radical (unpaired) electrons. The van der Waals surface area contributed by atoms with E-state index in [9.17, 15) is 9.59 Å². The molecule has 2 amide bonds. The molecule has 0 bridgehead atoms. The molecule has 2 N–H and O–H groups in total. The number of hydrogen-bond acceptors (Lipinski definition) is 3. The minimum Gasteiger partial charge on any atom is -0.355 e. The third-order valence-corrected chi connectivity index (χ3v) is 6.21. The fraction of sp³-hybridized carbons (Fsp3) is 0.375. The average Bonchev–Trinajstić information content (AvgIpc) is 3.09. The molecule has 7 heteroatoms. The lowest BCUT2D eigenvalue weighted by Gasteiger charge is -2.20. The van der Waals surface area contributed by atoms with Crippen molar-refractivity contribution in [3.63, 3.8) is 0 Å². The van der Waals surface area contributed by atoms with Gasteiger partial charge in [-0.3, -0.25) is 9.59 Å². The summed E-state index contributed by atoms with van der Waals surface area (Å²) in [6, 6.07) is 12.5. The molecule has 1 aliphatic rings. The fourth-order valence-corrected chi connectivity index (χ4v) is 4.29. The number of imidazole rings is 1. The molecule has 162 valence electrons. The van der Waals surface area contributed by atoms with Crippen molar-refractivity contribution in [2.24, 2.45) is 13.0 Å². The smallest absolute Gasteiger partial charge is 0.255 e. The van der Waals surface area contributed by atoms with Gasteiger partial charge in [0, 0.05) is 42.2 Å². The summed E-state index contributed by atoms with van der Waals surface area (Å²) in [5, 5.41) is 6.57. The summed E-state index contributed by atoms with van der Waals surface area (Å²) in [4.78, 5) is 29.5. The number of nitrogens with zero attached hydrogens (tertiary/aromatic N) is 2. The van der Waals surface area contributed by atoms with Crippen LogP contribution >= 0.6 is 11.6 Å². The van der Waals surface area contributed by atoms with Crippen molar-refractivity contribution >= 4 is 40.1 Å². The number of benzene rings is 2. The van der Waals surface area contributed by atoms with Gasteiger partial charge in [0.05, 0.1) is 11.0 Å². The third-order valence-electron chi connectivity index (χ3n) is 5.96. The number of nitrogens with one attached hydrogen (secondary N) is 2. The van der Waals surface area contributed by atoms with E-state index in [4.69, 9.17) is 16.6 Å². The average molecular weight is 439 g/mol. The Labute approximate surface area is 187 Å². The number of fused-ring (bicyclic) bond motifs is 1. The summed E-state index contributed by atoms with van der Waals surface area (Å²) in [5.41, 5.74) is 3.02. The molecule has 1 fully saturated rings. The number of halogens is 1. The van der Waals surface area contributed by atoms with E-state index in [0.717, 1.165) is 42.5 Å². The topological polar surface area (TPSA) is 76.0 Å². The molecular formula is C24H27ClN4O2. The lowest BCUT2D eigenvalue weighted by Crippen LogP contribution is -2.33. The first-order chi connectivity index (χ1) is 15.0. The Morgan fingerprint density at radius 2 is 1.84 bits per heavy atom. The van der Waals surface area contributed by atoms with Crippen molar-refractivity contribution in [3.05, 3.63) is 58.9 Å². The summed E-state index contributed by atoms with van der Waals surface area (Å²) >= 11 is 5.89. The molecule has 0 atom stereocenters. The van der Waals surface area contributed by atoms with Crippen LogP contribution in [-0.4, -0.2) is 27.9 Å². The quantitative estimate of drug-likeness (QED) is 0.584. The van der Waals surface area contributed by atoms with E-state index >= 15 is 0 Å². The van der Waals surface area contributed by atoms with Crippen LogP contribution in [0.25, 0.3) is 11.0 Å². The van der Waals surface area contributed by atoms with Gasteiger partial charge >= 0.3 is 0 Å². The molecule has 4 rings (SSSR count). The second-order valence-corrected chi connectivity index (χ2v) is 8.56. The second-order valence-electron chi connectivity index (χ2n) is 8.13. The van der Waals surface area contributed by atoms with Gasteiger partial charge < -0.3 is 15.2 Å². The largest absolute Gasteiger partial charge is 0.355 e. The highest BCUT2D eigenvalue weighted by atomic mass is 35.5. The summed E-state index contributed by atoms with van der Waals surface area (Å²) in [6.07, 6.45) is 6.21. The Morgan fingerprint density at radius 3 is 2.58 bits per heavy atom. The first-order valence-electron chi connectivity index (χ1n) is 10.8. The molecule has 1 aliphatic carbocycles. The second kappa shape index (κ2) is 9.52. The number of aromatic nitrogens is 2. The Hall–Kier alpha value is -2.86. The number of carbonyl (C=O) groups excluding carboxylic acids is 2. The number of anilines is 1. The highest BCUT2D eigenvalue weighted by Gasteiger charge is 2.20. The van der Waals surface area contributed by atoms with Gasteiger partial charge in [-0.15, -0.1) is 0 Å². The van der Waals surface area contributed by atoms with Crippen LogP contribution in [0.5, 0.6) is 0 Å². The maximum Gasteiger partial charge on any atom is 0.255 e. The van der Waals surface area contributed by atoms with Crippen molar-refractivity contribution in [2.75, 3.05) is 11.9 Å². The predicted molar refractivity (Wildman–Crippen MR) is 123 cm³/mol. The molecular weight excluding hydrogens is 412 g/mol. The van der Waals surface area contributed by atoms with Crippen LogP contribution in [0.2, 0.25) is 5.02 Å². The van der Waals surface area contributed by atoms with Crippen LogP contribution in [-0.2, 0) is 18.3 Å². The number of carbonyl (C=O) groups is 2. The van der Waals surface area contributed by atoms with Crippen LogP contribution < -0.4 is 10.6 Å². The zero-order valence-corrected chi connectivity index (χ0v) is 18.4.